The Hall–Kier alpha value is -2.60. The summed E-state index contributed by atoms with van der Waals surface area (Å²) in [5, 5.41) is 11.8. The lowest BCUT2D eigenvalue weighted by atomic mass is 10.1. The number of aromatic amines is 1. The summed E-state index contributed by atoms with van der Waals surface area (Å²) in [5.74, 6) is 0.930. The molecular weight excluding hydrogens is 324 g/mol. The lowest BCUT2D eigenvalue weighted by Crippen LogP contribution is -2.27. The van der Waals surface area contributed by atoms with Crippen LogP contribution in [0.15, 0.2) is 36.8 Å². The molecule has 7 heteroatoms. The number of hydrogen-bond acceptors (Lipinski definition) is 4. The third-order valence-electron chi connectivity index (χ3n) is 3.71. The summed E-state index contributed by atoms with van der Waals surface area (Å²) in [5.41, 5.74) is 3.42. The first-order valence-electron chi connectivity index (χ1n) is 7.67. The van der Waals surface area contributed by atoms with E-state index in [1.165, 1.54) is 0 Å². The number of fused-ring (bicyclic) bond motifs is 2. The molecule has 122 valence electrons. The van der Waals surface area contributed by atoms with Crippen LogP contribution in [0.4, 0.5) is 5.82 Å². The van der Waals surface area contributed by atoms with Crippen LogP contribution in [0.2, 0.25) is 5.15 Å². The molecule has 3 heterocycles. The molecule has 0 amide bonds. The maximum Gasteiger partial charge on any atom is 0.158 e. The number of nitrogens with zero attached hydrogens (tertiary/aromatic N) is 4. The zero-order chi connectivity index (χ0) is 16.9. The van der Waals surface area contributed by atoms with Gasteiger partial charge < -0.3 is 5.32 Å². The first-order valence-corrected chi connectivity index (χ1v) is 8.04. The van der Waals surface area contributed by atoms with Crippen molar-refractivity contribution in [2.45, 2.75) is 26.3 Å². The highest BCUT2D eigenvalue weighted by Crippen LogP contribution is 2.33. The molecule has 4 rings (SSSR count). The van der Waals surface area contributed by atoms with Gasteiger partial charge in [-0.1, -0.05) is 17.7 Å². The summed E-state index contributed by atoms with van der Waals surface area (Å²) in [4.78, 5) is 8.92. The Morgan fingerprint density at radius 3 is 2.88 bits per heavy atom. The minimum Gasteiger partial charge on any atom is -0.365 e. The van der Waals surface area contributed by atoms with Crippen LogP contribution in [-0.2, 0) is 0 Å². The number of imidazole rings is 1. The molecule has 0 aliphatic heterocycles. The largest absolute Gasteiger partial charge is 0.365 e. The van der Waals surface area contributed by atoms with E-state index in [-0.39, 0.29) is 5.54 Å². The van der Waals surface area contributed by atoms with Crippen molar-refractivity contribution in [2.75, 3.05) is 5.32 Å². The van der Waals surface area contributed by atoms with Crippen molar-refractivity contribution < 1.29 is 0 Å². The van der Waals surface area contributed by atoms with Gasteiger partial charge in [-0.25, -0.2) is 4.98 Å². The second-order valence-corrected chi connectivity index (χ2v) is 7.12. The van der Waals surface area contributed by atoms with Crippen LogP contribution in [-0.4, -0.2) is 30.1 Å². The second kappa shape index (κ2) is 5.21. The van der Waals surface area contributed by atoms with Crippen molar-refractivity contribution in [1.29, 1.82) is 0 Å². The number of H-pyrrole nitrogens is 1. The van der Waals surface area contributed by atoms with E-state index in [0.29, 0.717) is 5.15 Å². The Labute approximate surface area is 143 Å². The fourth-order valence-corrected chi connectivity index (χ4v) is 2.91. The van der Waals surface area contributed by atoms with Gasteiger partial charge in [0, 0.05) is 28.9 Å². The molecule has 1 aromatic carbocycles. The molecule has 0 aliphatic carbocycles. The van der Waals surface area contributed by atoms with Crippen LogP contribution in [0.1, 0.15) is 20.8 Å². The second-order valence-electron chi connectivity index (χ2n) is 6.76. The van der Waals surface area contributed by atoms with Gasteiger partial charge in [-0.15, -0.1) is 0 Å². The van der Waals surface area contributed by atoms with Crippen LogP contribution >= 0.6 is 11.6 Å². The highest BCUT2D eigenvalue weighted by molar-refractivity contribution is 6.34. The fourth-order valence-electron chi connectivity index (χ4n) is 2.71. The molecule has 0 bridgehead atoms. The van der Waals surface area contributed by atoms with Gasteiger partial charge in [-0.05, 0) is 32.9 Å². The molecule has 0 unspecified atom stereocenters. The summed E-state index contributed by atoms with van der Waals surface area (Å²) in [6.07, 6.45) is 5.41. The van der Waals surface area contributed by atoms with Gasteiger partial charge in [0.2, 0.25) is 0 Å². The smallest absolute Gasteiger partial charge is 0.158 e. The number of rotatable bonds is 2. The van der Waals surface area contributed by atoms with Crippen LogP contribution < -0.4 is 5.32 Å². The molecule has 0 saturated heterocycles. The molecule has 0 radical (unpaired) electrons. The lowest BCUT2D eigenvalue weighted by molar-refractivity contribution is 0.629. The van der Waals surface area contributed by atoms with Gasteiger partial charge in [-0.2, -0.15) is 5.10 Å². The number of anilines is 1. The third kappa shape index (κ3) is 2.49. The maximum atomic E-state index is 6.16. The third-order valence-corrected chi connectivity index (χ3v) is 4.00. The van der Waals surface area contributed by atoms with Gasteiger partial charge in [0.1, 0.15) is 11.5 Å². The summed E-state index contributed by atoms with van der Waals surface area (Å²) in [6, 6.07) is 5.98. The van der Waals surface area contributed by atoms with Crippen LogP contribution in [0.25, 0.3) is 27.8 Å². The van der Waals surface area contributed by atoms with Crippen molar-refractivity contribution in [3.8, 4) is 11.3 Å². The SMILES string of the molecule is CC(C)(C)Nc1c(-c2ccc3[nH]nc(Cl)c3c2)nc2cnccn12. The topological polar surface area (TPSA) is 70.9 Å². The first kappa shape index (κ1) is 15.0. The molecule has 0 fully saturated rings. The van der Waals surface area contributed by atoms with E-state index in [0.717, 1.165) is 33.6 Å². The standard InChI is InChI=1S/C17H17ClN6/c1-17(2,3)21-16-14(20-13-9-19-6-7-24(13)16)10-4-5-12-11(8-10)15(18)23-22-12/h4-9,21H,1-3H3,(H,22,23). The number of nitrogens with one attached hydrogen (secondary N) is 2. The number of aromatic nitrogens is 5. The van der Waals surface area contributed by atoms with Gasteiger partial charge in [0.15, 0.2) is 10.8 Å². The van der Waals surface area contributed by atoms with E-state index in [9.17, 15) is 0 Å². The number of hydrogen-bond donors (Lipinski definition) is 2. The maximum absolute atomic E-state index is 6.16. The zero-order valence-electron chi connectivity index (χ0n) is 13.6. The minimum absolute atomic E-state index is 0.106. The molecule has 3 aromatic heterocycles. The predicted octanol–water partition coefficient (Wildman–Crippen LogP) is 4.14. The molecule has 24 heavy (non-hydrogen) atoms. The Kier molecular flexibility index (Phi) is 3.25. The number of benzene rings is 1. The quantitative estimate of drug-likeness (QED) is 0.575. The average molecular weight is 341 g/mol. The summed E-state index contributed by atoms with van der Waals surface area (Å²) in [6.45, 7) is 6.36. The highest BCUT2D eigenvalue weighted by Gasteiger charge is 2.19. The van der Waals surface area contributed by atoms with E-state index in [1.807, 2.05) is 28.8 Å². The normalized spacial score (nSPS) is 12.2. The Morgan fingerprint density at radius 2 is 2.08 bits per heavy atom. The summed E-state index contributed by atoms with van der Waals surface area (Å²) < 4.78 is 2.01. The van der Waals surface area contributed by atoms with E-state index in [1.54, 1.807) is 12.4 Å². The van der Waals surface area contributed by atoms with Crippen molar-refractivity contribution in [1.82, 2.24) is 24.6 Å². The monoisotopic (exact) mass is 340 g/mol. The first-order chi connectivity index (χ1) is 11.4. The van der Waals surface area contributed by atoms with E-state index < -0.39 is 0 Å². The van der Waals surface area contributed by atoms with Gasteiger partial charge in [0.05, 0.1) is 11.7 Å². The zero-order valence-corrected chi connectivity index (χ0v) is 14.4. The van der Waals surface area contributed by atoms with E-state index >= 15 is 0 Å². The molecule has 6 nitrogen and oxygen atoms in total. The van der Waals surface area contributed by atoms with Crippen molar-refractivity contribution in [3.05, 3.63) is 41.9 Å². The van der Waals surface area contributed by atoms with E-state index in [2.05, 4.69) is 41.3 Å². The molecular formula is C17H17ClN6. The van der Waals surface area contributed by atoms with Crippen molar-refractivity contribution in [3.63, 3.8) is 0 Å². The molecule has 4 aromatic rings. The average Bonchev–Trinajstić information content (AvgIpc) is 3.08. The highest BCUT2D eigenvalue weighted by atomic mass is 35.5. The molecule has 0 saturated carbocycles. The minimum atomic E-state index is -0.106. The molecule has 2 N–H and O–H groups in total. The van der Waals surface area contributed by atoms with Crippen LogP contribution in [0, 0.1) is 0 Å². The Balaban J connectivity index is 1.96. The van der Waals surface area contributed by atoms with Crippen molar-refractivity contribution >= 4 is 34.0 Å². The summed E-state index contributed by atoms with van der Waals surface area (Å²) in [7, 11) is 0. The lowest BCUT2D eigenvalue weighted by Gasteiger charge is -2.22. The van der Waals surface area contributed by atoms with Gasteiger partial charge in [0.25, 0.3) is 0 Å². The molecule has 0 atom stereocenters. The van der Waals surface area contributed by atoms with Crippen LogP contribution in [0.3, 0.4) is 0 Å². The summed E-state index contributed by atoms with van der Waals surface area (Å²) >= 11 is 6.16. The fraction of sp³-hybridized carbons (Fsp3) is 0.235. The van der Waals surface area contributed by atoms with Crippen LogP contribution in [0.5, 0.6) is 0 Å². The van der Waals surface area contributed by atoms with E-state index in [4.69, 9.17) is 16.6 Å². The predicted molar refractivity (Wildman–Crippen MR) is 96.5 cm³/mol. The van der Waals surface area contributed by atoms with Crippen molar-refractivity contribution in [2.24, 2.45) is 0 Å². The molecule has 0 aliphatic rings. The Morgan fingerprint density at radius 1 is 1.25 bits per heavy atom. The van der Waals surface area contributed by atoms with Gasteiger partial charge in [-0.3, -0.25) is 14.5 Å². The Bertz CT molecular complexity index is 1040. The molecule has 0 spiro atoms. The number of halogens is 1. The van der Waals surface area contributed by atoms with Gasteiger partial charge >= 0.3 is 0 Å².